The molecule has 94 valence electrons. The van der Waals surface area contributed by atoms with Gasteiger partial charge in [0.15, 0.2) is 0 Å². The van der Waals surface area contributed by atoms with E-state index in [1.165, 1.54) is 0 Å². The molecule has 0 saturated carbocycles. The van der Waals surface area contributed by atoms with Crippen LogP contribution in [-0.4, -0.2) is 17.8 Å². The zero-order valence-corrected chi connectivity index (χ0v) is 11.4. The van der Waals surface area contributed by atoms with Crippen molar-refractivity contribution in [3.8, 4) is 0 Å². The summed E-state index contributed by atoms with van der Waals surface area (Å²) < 4.78 is 12.3. The summed E-state index contributed by atoms with van der Waals surface area (Å²) in [6.07, 6.45) is 12.4. The molecule has 0 N–H and O–H groups in total. The molecule has 2 aliphatic carbocycles. The van der Waals surface area contributed by atoms with E-state index in [4.69, 9.17) is 6.64 Å². The van der Waals surface area contributed by atoms with Crippen molar-refractivity contribution < 1.29 is 31.8 Å². The van der Waals surface area contributed by atoms with Gasteiger partial charge in [-0.3, -0.25) is 0 Å². The van der Waals surface area contributed by atoms with E-state index in [0.717, 1.165) is 7.76 Å². The monoisotopic (exact) mass is 282 g/mol. The minimum absolute atomic E-state index is 0.339. The first-order chi connectivity index (χ1) is 8.64. The van der Waals surface area contributed by atoms with Crippen LogP contribution >= 0.6 is 0 Å². The fourth-order valence-corrected chi connectivity index (χ4v) is 7.71. The summed E-state index contributed by atoms with van der Waals surface area (Å²) in [4.78, 5) is 25.9. The van der Waals surface area contributed by atoms with Crippen LogP contribution in [0.1, 0.15) is 12.8 Å². The average molecular weight is 282 g/mol. The second-order valence-electron chi connectivity index (χ2n) is 4.34. The number of allylic oxidation sites excluding steroid dienone is 8. The third-order valence-corrected chi connectivity index (χ3v) is 10.5. The van der Waals surface area contributed by atoms with Crippen molar-refractivity contribution in [2.45, 2.75) is 12.8 Å². The molecule has 5 heteroatoms. The molecule has 4 nitrogen and oxygen atoms in total. The second-order valence-corrected chi connectivity index (χ2v) is 11.0. The number of rotatable bonds is 6. The normalized spacial score (nSPS) is 18.3. The fourth-order valence-electron chi connectivity index (χ4n) is 2.39. The fraction of sp³-hybridized carbons (Fsp3) is 0.154. The molecule has 0 atom stereocenters. The summed E-state index contributed by atoms with van der Waals surface area (Å²) >= 11 is -4.61. The Morgan fingerprint density at radius 1 is 1.00 bits per heavy atom. The van der Waals surface area contributed by atoms with Crippen LogP contribution in [-0.2, 0) is 31.8 Å². The van der Waals surface area contributed by atoms with E-state index in [2.05, 4.69) is 4.82 Å². The van der Waals surface area contributed by atoms with E-state index >= 15 is 0 Å². The van der Waals surface area contributed by atoms with Crippen LogP contribution in [0.5, 0.6) is 0 Å². The van der Waals surface area contributed by atoms with Crippen LogP contribution < -0.4 is 0 Å². The molecule has 0 unspecified atom stereocenters. The van der Waals surface area contributed by atoms with Gasteiger partial charge in [0.1, 0.15) is 0 Å². The van der Waals surface area contributed by atoms with Gasteiger partial charge in [0.2, 0.25) is 0 Å². The summed E-state index contributed by atoms with van der Waals surface area (Å²) in [5.74, 6) is 0. The summed E-state index contributed by atoms with van der Waals surface area (Å²) in [5.41, 5.74) is 0. The van der Waals surface area contributed by atoms with Gasteiger partial charge in [-0.1, -0.05) is 0 Å². The van der Waals surface area contributed by atoms with Gasteiger partial charge in [0, 0.05) is 0 Å². The van der Waals surface area contributed by atoms with Gasteiger partial charge in [-0.05, 0) is 0 Å². The van der Waals surface area contributed by atoms with Gasteiger partial charge >= 0.3 is 107 Å². The Hall–Kier alpha value is -1.52. The van der Waals surface area contributed by atoms with Crippen molar-refractivity contribution >= 4 is 17.8 Å². The Bertz CT molecular complexity index is 514. The maximum absolute atomic E-state index is 10.9. The number of hydrogen-bond donors (Lipinski definition) is 0. The predicted molar refractivity (Wildman–Crippen MR) is 65.1 cm³/mol. The number of carbonyl (C=O) groups is 2. The molecule has 18 heavy (non-hydrogen) atoms. The van der Waals surface area contributed by atoms with Crippen molar-refractivity contribution in [2.24, 2.45) is 0 Å². The Morgan fingerprint density at radius 2 is 1.44 bits per heavy atom. The molecule has 0 aliphatic heterocycles. The maximum atomic E-state index is 10.9. The third-order valence-electron chi connectivity index (χ3n) is 3.44. The molecule has 0 fully saturated rings. The molecule has 2 rings (SSSR count). The molecule has 0 saturated heterocycles. The van der Waals surface area contributed by atoms with Gasteiger partial charge in [0.05, 0.1) is 0 Å². The van der Waals surface area contributed by atoms with Crippen LogP contribution in [0.4, 0.5) is 0 Å². The van der Waals surface area contributed by atoms with Crippen molar-refractivity contribution in [1.29, 1.82) is 0 Å². The Morgan fingerprint density at radius 3 is 1.72 bits per heavy atom. The van der Waals surface area contributed by atoms with Gasteiger partial charge < -0.3 is 0 Å². The minimum atomic E-state index is -4.61. The predicted octanol–water partition coefficient (Wildman–Crippen LogP) is 1.97. The zero-order valence-electron chi connectivity index (χ0n) is 9.87. The van der Waals surface area contributed by atoms with Crippen molar-refractivity contribution in [3.05, 3.63) is 44.2 Å². The first-order valence-corrected chi connectivity index (χ1v) is 9.58. The van der Waals surface area contributed by atoms with Gasteiger partial charge in [-0.2, -0.15) is 0 Å². The first kappa shape index (κ1) is 12.9. The Labute approximate surface area is 107 Å². The molecule has 0 aromatic carbocycles. The molecule has 0 spiro atoms. The summed E-state index contributed by atoms with van der Waals surface area (Å²) in [6, 6.07) is 0. The van der Waals surface area contributed by atoms with Crippen LogP contribution in [0.3, 0.4) is 0 Å². The molecule has 0 amide bonds. The molecule has 0 heterocycles. The molecular weight excluding hydrogens is 268 g/mol. The van der Waals surface area contributed by atoms with E-state index in [0.29, 0.717) is 25.8 Å². The van der Waals surface area contributed by atoms with Crippen LogP contribution in [0.2, 0.25) is 0 Å². The van der Waals surface area contributed by atoms with E-state index < -0.39 is 15.6 Å². The van der Waals surface area contributed by atoms with Crippen molar-refractivity contribution in [3.63, 3.8) is 0 Å². The summed E-state index contributed by atoms with van der Waals surface area (Å²) in [7, 11) is 0. The summed E-state index contributed by atoms with van der Waals surface area (Å²) in [6.45, 7) is 0.679. The van der Waals surface area contributed by atoms with E-state index in [1.807, 2.05) is 36.5 Å². The molecule has 2 aliphatic rings. The SMILES string of the molecule is [CH2]=[Ti]([O]C=O)([O]C=O)([C]1=CC=CC1)[C]1=CC=CC1. The Kier molecular flexibility index (Phi) is 3.33. The standard InChI is InChI=1S/2C5H5.2CH2O2.CH2.Ti/c2*1-2-4-5-3-1;2*2-1-3;;/h2*1-3H,4H2;2*1H,(H,2,3);1H2;/q;;;;;+2/p-2. The topological polar surface area (TPSA) is 52.6 Å². The average Bonchev–Trinajstić information content (AvgIpc) is 3.04. The van der Waals surface area contributed by atoms with Gasteiger partial charge in [-0.15, -0.1) is 0 Å². The Balaban J connectivity index is 2.58. The first-order valence-electron chi connectivity index (χ1n) is 5.64. The molecular formula is C13H14O4Ti. The van der Waals surface area contributed by atoms with Crippen LogP contribution in [0.15, 0.2) is 44.2 Å². The number of hydrogen-bond acceptors (Lipinski definition) is 4. The van der Waals surface area contributed by atoms with Crippen molar-refractivity contribution in [1.82, 2.24) is 0 Å². The van der Waals surface area contributed by atoms with Crippen molar-refractivity contribution in [2.75, 3.05) is 0 Å². The number of carbonyl (C=O) groups excluding carboxylic acids is 2. The molecule has 0 bridgehead atoms. The molecule has 0 radical (unpaired) electrons. The third kappa shape index (κ3) is 1.78. The quantitative estimate of drug-likeness (QED) is 0.552. The second kappa shape index (κ2) is 4.63. The van der Waals surface area contributed by atoms with E-state index in [-0.39, 0.29) is 0 Å². The van der Waals surface area contributed by atoms with E-state index in [9.17, 15) is 9.59 Å². The molecule has 0 aromatic heterocycles. The van der Waals surface area contributed by atoms with Crippen LogP contribution in [0.25, 0.3) is 0 Å². The zero-order chi connectivity index (χ0) is 13.1. The molecule has 0 aromatic rings. The summed E-state index contributed by atoms with van der Waals surface area (Å²) in [5, 5.41) is 0. The van der Waals surface area contributed by atoms with Gasteiger partial charge in [-0.25, -0.2) is 0 Å². The van der Waals surface area contributed by atoms with E-state index in [1.54, 1.807) is 0 Å². The van der Waals surface area contributed by atoms with Gasteiger partial charge in [0.25, 0.3) is 0 Å². The van der Waals surface area contributed by atoms with Crippen LogP contribution in [0, 0.1) is 0 Å².